The van der Waals surface area contributed by atoms with E-state index < -0.39 is 0 Å². The maximum Gasteiger partial charge on any atom is 0.333 e. The van der Waals surface area contributed by atoms with Gasteiger partial charge in [0.2, 0.25) is 0 Å². The Hall–Kier alpha value is -0.830. The standard InChI is InChI=1S/C12H21NO2/c1-4-10(12(14)15-3)5-6-13-11-7-9(2)8-11/h5,9,11,13H,4,6-8H2,1-3H3. The Labute approximate surface area is 91.9 Å². The fourth-order valence-corrected chi connectivity index (χ4v) is 1.92. The molecule has 0 spiro atoms. The van der Waals surface area contributed by atoms with Gasteiger partial charge in [0.05, 0.1) is 7.11 Å². The fraction of sp³-hybridized carbons (Fsp3) is 0.750. The maximum atomic E-state index is 11.2. The molecule has 0 aromatic carbocycles. The average Bonchev–Trinajstić information content (AvgIpc) is 2.20. The molecule has 1 fully saturated rings. The van der Waals surface area contributed by atoms with Gasteiger partial charge < -0.3 is 10.1 Å². The predicted molar refractivity (Wildman–Crippen MR) is 60.6 cm³/mol. The van der Waals surface area contributed by atoms with Crippen LogP contribution in [0.2, 0.25) is 0 Å². The molecule has 1 aliphatic carbocycles. The first-order chi connectivity index (χ1) is 7.17. The van der Waals surface area contributed by atoms with E-state index in [1.165, 1.54) is 20.0 Å². The van der Waals surface area contributed by atoms with Crippen molar-refractivity contribution in [3.63, 3.8) is 0 Å². The highest BCUT2D eigenvalue weighted by Gasteiger charge is 2.23. The number of carbonyl (C=O) groups is 1. The number of nitrogens with one attached hydrogen (secondary N) is 1. The van der Waals surface area contributed by atoms with E-state index in [4.69, 9.17) is 0 Å². The second-order valence-corrected chi connectivity index (χ2v) is 4.26. The second-order valence-electron chi connectivity index (χ2n) is 4.26. The molecule has 0 heterocycles. The minimum atomic E-state index is -0.207. The molecule has 1 rings (SSSR count). The lowest BCUT2D eigenvalue weighted by Gasteiger charge is -2.33. The number of esters is 1. The molecule has 3 heteroatoms. The maximum absolute atomic E-state index is 11.2. The Morgan fingerprint density at radius 3 is 2.67 bits per heavy atom. The first-order valence-corrected chi connectivity index (χ1v) is 5.68. The summed E-state index contributed by atoms with van der Waals surface area (Å²) in [5, 5.41) is 3.41. The average molecular weight is 211 g/mol. The van der Waals surface area contributed by atoms with Crippen molar-refractivity contribution >= 4 is 5.97 Å². The number of rotatable bonds is 5. The zero-order valence-electron chi connectivity index (χ0n) is 9.88. The van der Waals surface area contributed by atoms with E-state index in [1.807, 2.05) is 13.0 Å². The van der Waals surface area contributed by atoms with E-state index in [-0.39, 0.29) is 5.97 Å². The third-order valence-corrected chi connectivity index (χ3v) is 2.96. The van der Waals surface area contributed by atoms with E-state index >= 15 is 0 Å². The van der Waals surface area contributed by atoms with Crippen LogP contribution in [0.3, 0.4) is 0 Å². The zero-order valence-corrected chi connectivity index (χ0v) is 9.88. The first-order valence-electron chi connectivity index (χ1n) is 5.68. The lowest BCUT2D eigenvalue weighted by Crippen LogP contribution is -2.40. The van der Waals surface area contributed by atoms with Gasteiger partial charge in [0, 0.05) is 18.2 Å². The molecule has 0 amide bonds. The van der Waals surface area contributed by atoms with Gasteiger partial charge in [-0.05, 0) is 25.2 Å². The summed E-state index contributed by atoms with van der Waals surface area (Å²) in [5.74, 6) is 0.652. The minimum Gasteiger partial charge on any atom is -0.466 e. The molecule has 0 aromatic heterocycles. The van der Waals surface area contributed by atoms with Crippen LogP contribution in [0, 0.1) is 5.92 Å². The predicted octanol–water partition coefficient (Wildman–Crippen LogP) is 1.88. The molecule has 0 aromatic rings. The highest BCUT2D eigenvalue weighted by Crippen LogP contribution is 2.25. The Morgan fingerprint density at radius 2 is 2.20 bits per heavy atom. The van der Waals surface area contributed by atoms with Gasteiger partial charge >= 0.3 is 5.97 Å². The van der Waals surface area contributed by atoms with Crippen molar-refractivity contribution in [1.82, 2.24) is 5.32 Å². The van der Waals surface area contributed by atoms with Crippen LogP contribution in [0.25, 0.3) is 0 Å². The largest absolute Gasteiger partial charge is 0.466 e. The van der Waals surface area contributed by atoms with E-state index in [0.717, 1.165) is 24.5 Å². The molecule has 1 saturated carbocycles. The first kappa shape index (κ1) is 12.2. The Kier molecular flexibility index (Phi) is 4.82. The molecule has 0 radical (unpaired) electrons. The number of methoxy groups -OCH3 is 1. The van der Waals surface area contributed by atoms with Crippen LogP contribution < -0.4 is 5.32 Å². The van der Waals surface area contributed by atoms with Gasteiger partial charge in [0.15, 0.2) is 0 Å². The smallest absolute Gasteiger partial charge is 0.333 e. The van der Waals surface area contributed by atoms with Gasteiger partial charge in [0.1, 0.15) is 0 Å². The van der Waals surface area contributed by atoms with Crippen molar-refractivity contribution in [1.29, 1.82) is 0 Å². The number of ether oxygens (including phenoxy) is 1. The fourth-order valence-electron chi connectivity index (χ4n) is 1.92. The molecule has 1 N–H and O–H groups in total. The molecule has 0 atom stereocenters. The summed E-state index contributed by atoms with van der Waals surface area (Å²) in [6.45, 7) is 5.00. The van der Waals surface area contributed by atoms with Crippen molar-refractivity contribution in [2.75, 3.05) is 13.7 Å². The Bertz CT molecular complexity index is 242. The molecule has 1 aliphatic rings. The summed E-state index contributed by atoms with van der Waals surface area (Å²) in [5.41, 5.74) is 0.761. The summed E-state index contributed by atoms with van der Waals surface area (Å²) in [7, 11) is 1.42. The quantitative estimate of drug-likeness (QED) is 0.557. The summed E-state index contributed by atoms with van der Waals surface area (Å²) in [6, 6.07) is 0.645. The lowest BCUT2D eigenvalue weighted by atomic mass is 9.82. The molecule has 15 heavy (non-hydrogen) atoms. The lowest BCUT2D eigenvalue weighted by molar-refractivity contribution is -0.136. The van der Waals surface area contributed by atoms with Gasteiger partial charge in [0.25, 0.3) is 0 Å². The molecule has 0 unspecified atom stereocenters. The van der Waals surface area contributed by atoms with Crippen molar-refractivity contribution in [2.45, 2.75) is 39.2 Å². The van der Waals surface area contributed by atoms with E-state index in [2.05, 4.69) is 17.0 Å². The van der Waals surface area contributed by atoms with E-state index in [9.17, 15) is 4.79 Å². The van der Waals surface area contributed by atoms with Gasteiger partial charge in [-0.2, -0.15) is 0 Å². The Morgan fingerprint density at radius 1 is 1.53 bits per heavy atom. The van der Waals surface area contributed by atoms with Crippen molar-refractivity contribution in [3.8, 4) is 0 Å². The van der Waals surface area contributed by atoms with Crippen molar-refractivity contribution in [3.05, 3.63) is 11.6 Å². The SMILES string of the molecule is CCC(=CCNC1CC(C)C1)C(=O)OC. The van der Waals surface area contributed by atoms with Crippen LogP contribution in [0.1, 0.15) is 33.1 Å². The second kappa shape index (κ2) is 5.91. The van der Waals surface area contributed by atoms with Crippen molar-refractivity contribution < 1.29 is 9.53 Å². The van der Waals surface area contributed by atoms with Crippen LogP contribution in [0.15, 0.2) is 11.6 Å². The molecule has 86 valence electrons. The number of hydrogen-bond acceptors (Lipinski definition) is 3. The number of carbonyl (C=O) groups excluding carboxylic acids is 1. The summed E-state index contributed by atoms with van der Waals surface area (Å²) < 4.78 is 4.68. The van der Waals surface area contributed by atoms with Crippen LogP contribution in [0.5, 0.6) is 0 Å². The van der Waals surface area contributed by atoms with Crippen LogP contribution >= 0.6 is 0 Å². The molecular weight excluding hydrogens is 190 g/mol. The van der Waals surface area contributed by atoms with Gasteiger partial charge in [-0.15, -0.1) is 0 Å². The molecule has 0 aliphatic heterocycles. The van der Waals surface area contributed by atoms with Gasteiger partial charge in [-0.25, -0.2) is 4.79 Å². The summed E-state index contributed by atoms with van der Waals surface area (Å²) in [6.07, 6.45) is 5.19. The molecule has 3 nitrogen and oxygen atoms in total. The highest BCUT2D eigenvalue weighted by molar-refractivity contribution is 5.88. The van der Waals surface area contributed by atoms with E-state index in [1.54, 1.807) is 0 Å². The Balaban J connectivity index is 2.25. The van der Waals surface area contributed by atoms with Crippen molar-refractivity contribution in [2.24, 2.45) is 5.92 Å². The molecular formula is C12H21NO2. The summed E-state index contributed by atoms with van der Waals surface area (Å²) in [4.78, 5) is 11.2. The van der Waals surface area contributed by atoms with Gasteiger partial charge in [-0.3, -0.25) is 0 Å². The van der Waals surface area contributed by atoms with Gasteiger partial charge in [-0.1, -0.05) is 19.9 Å². The van der Waals surface area contributed by atoms with Crippen LogP contribution in [-0.2, 0) is 9.53 Å². The highest BCUT2D eigenvalue weighted by atomic mass is 16.5. The third-order valence-electron chi connectivity index (χ3n) is 2.96. The summed E-state index contributed by atoms with van der Waals surface area (Å²) >= 11 is 0. The molecule has 0 bridgehead atoms. The normalized spacial score (nSPS) is 25.9. The van der Waals surface area contributed by atoms with E-state index in [0.29, 0.717) is 6.04 Å². The topological polar surface area (TPSA) is 38.3 Å². The minimum absolute atomic E-state index is 0.207. The van der Waals surface area contributed by atoms with Crippen LogP contribution in [-0.4, -0.2) is 25.7 Å². The monoisotopic (exact) mass is 211 g/mol. The number of hydrogen-bond donors (Lipinski definition) is 1. The van der Waals surface area contributed by atoms with Crippen LogP contribution in [0.4, 0.5) is 0 Å². The third kappa shape index (κ3) is 3.67. The molecule has 0 saturated heterocycles. The zero-order chi connectivity index (χ0) is 11.3.